The van der Waals surface area contributed by atoms with Crippen molar-refractivity contribution in [3.8, 4) is 0 Å². The maximum absolute atomic E-state index is 12.0. The fraction of sp³-hybridized carbons (Fsp3) is 0.938. The molecule has 0 unspecified atom stereocenters. The van der Waals surface area contributed by atoms with Gasteiger partial charge in [0.15, 0.2) is 6.29 Å². The molecule has 2 aliphatic rings. The molecule has 0 radical (unpaired) electrons. The van der Waals surface area contributed by atoms with Crippen LogP contribution in [0.1, 0.15) is 40.0 Å². The van der Waals surface area contributed by atoms with Crippen LogP contribution in [0.3, 0.4) is 0 Å². The van der Waals surface area contributed by atoms with Crippen molar-refractivity contribution in [3.05, 3.63) is 0 Å². The third kappa shape index (κ3) is 6.10. The predicted octanol–water partition coefficient (Wildman–Crippen LogP) is 2.08. The molecule has 22 heavy (non-hydrogen) atoms. The largest absolute Gasteiger partial charge is 0.444 e. The quantitative estimate of drug-likeness (QED) is 0.727. The molecule has 2 aliphatic heterocycles. The number of piperazine rings is 1. The van der Waals surface area contributed by atoms with E-state index in [9.17, 15) is 4.79 Å². The van der Waals surface area contributed by atoms with Crippen molar-refractivity contribution in [2.24, 2.45) is 0 Å². The Morgan fingerprint density at radius 1 is 1.09 bits per heavy atom. The van der Waals surface area contributed by atoms with Crippen LogP contribution in [0.2, 0.25) is 0 Å². The summed E-state index contributed by atoms with van der Waals surface area (Å²) in [5.74, 6) is 0. The Balaban J connectivity index is 1.55. The minimum Gasteiger partial charge on any atom is -0.444 e. The zero-order valence-corrected chi connectivity index (χ0v) is 14.2. The van der Waals surface area contributed by atoms with Crippen molar-refractivity contribution < 1.29 is 19.0 Å². The van der Waals surface area contributed by atoms with E-state index in [1.54, 1.807) is 0 Å². The Kier molecular flexibility index (Phi) is 6.47. The van der Waals surface area contributed by atoms with Gasteiger partial charge in [-0.3, -0.25) is 4.90 Å². The summed E-state index contributed by atoms with van der Waals surface area (Å²) < 4.78 is 16.3. The Bertz CT molecular complexity index is 343. The number of amides is 1. The SMILES string of the molecule is CC(C)(C)OC(=O)N1CCN(CCCCC2OCCO2)CC1. The fourth-order valence-corrected chi connectivity index (χ4v) is 2.70. The highest BCUT2D eigenvalue weighted by molar-refractivity contribution is 5.68. The summed E-state index contributed by atoms with van der Waals surface area (Å²) in [5, 5.41) is 0. The molecule has 0 spiro atoms. The summed E-state index contributed by atoms with van der Waals surface area (Å²) in [6.45, 7) is 11.6. The molecule has 0 saturated carbocycles. The van der Waals surface area contributed by atoms with Crippen LogP contribution in [-0.2, 0) is 14.2 Å². The first-order valence-corrected chi connectivity index (χ1v) is 8.37. The summed E-state index contributed by atoms with van der Waals surface area (Å²) in [5.41, 5.74) is -0.418. The van der Waals surface area contributed by atoms with Gasteiger partial charge >= 0.3 is 6.09 Å². The van der Waals surface area contributed by atoms with Gasteiger partial charge in [0, 0.05) is 26.2 Å². The van der Waals surface area contributed by atoms with Gasteiger partial charge in [0.25, 0.3) is 0 Å². The monoisotopic (exact) mass is 314 g/mol. The third-order valence-electron chi connectivity index (χ3n) is 3.88. The molecule has 2 saturated heterocycles. The molecule has 2 heterocycles. The zero-order valence-electron chi connectivity index (χ0n) is 14.2. The molecule has 1 amide bonds. The van der Waals surface area contributed by atoms with Crippen LogP contribution in [0.25, 0.3) is 0 Å². The summed E-state index contributed by atoms with van der Waals surface area (Å²) in [4.78, 5) is 16.2. The van der Waals surface area contributed by atoms with E-state index in [1.165, 1.54) is 0 Å². The second kappa shape index (κ2) is 8.13. The van der Waals surface area contributed by atoms with Gasteiger partial charge in [-0.05, 0) is 46.6 Å². The summed E-state index contributed by atoms with van der Waals surface area (Å²) in [7, 11) is 0. The van der Waals surface area contributed by atoms with Crippen molar-refractivity contribution in [3.63, 3.8) is 0 Å². The van der Waals surface area contributed by atoms with Crippen LogP contribution in [0.4, 0.5) is 4.79 Å². The zero-order chi connectivity index (χ0) is 16.0. The first kappa shape index (κ1) is 17.5. The molecule has 128 valence electrons. The second-order valence-corrected chi connectivity index (χ2v) is 6.98. The number of unbranched alkanes of at least 4 members (excludes halogenated alkanes) is 1. The highest BCUT2D eigenvalue weighted by Crippen LogP contribution is 2.14. The van der Waals surface area contributed by atoms with Gasteiger partial charge < -0.3 is 19.1 Å². The normalized spacial score (nSPS) is 21.3. The smallest absolute Gasteiger partial charge is 0.410 e. The minimum absolute atomic E-state index is 0.0176. The lowest BCUT2D eigenvalue weighted by molar-refractivity contribution is -0.0483. The van der Waals surface area contributed by atoms with Gasteiger partial charge in [-0.1, -0.05) is 0 Å². The number of rotatable bonds is 5. The first-order valence-electron chi connectivity index (χ1n) is 8.37. The van der Waals surface area contributed by atoms with Crippen molar-refractivity contribution in [1.82, 2.24) is 9.80 Å². The van der Waals surface area contributed by atoms with E-state index in [-0.39, 0.29) is 12.4 Å². The Morgan fingerprint density at radius 2 is 1.73 bits per heavy atom. The third-order valence-corrected chi connectivity index (χ3v) is 3.88. The minimum atomic E-state index is -0.418. The molecule has 2 fully saturated rings. The molecule has 0 aromatic rings. The first-order chi connectivity index (χ1) is 10.4. The second-order valence-electron chi connectivity index (χ2n) is 6.98. The highest BCUT2D eigenvalue weighted by Gasteiger charge is 2.25. The summed E-state index contributed by atoms with van der Waals surface area (Å²) >= 11 is 0. The Hall–Kier alpha value is -0.850. The number of hydrogen-bond donors (Lipinski definition) is 0. The molecule has 0 atom stereocenters. The lowest BCUT2D eigenvalue weighted by atomic mass is 10.2. The molecular weight excluding hydrogens is 284 g/mol. The fourth-order valence-electron chi connectivity index (χ4n) is 2.70. The van der Waals surface area contributed by atoms with Crippen LogP contribution >= 0.6 is 0 Å². The average molecular weight is 314 g/mol. The molecule has 0 N–H and O–H groups in total. The van der Waals surface area contributed by atoms with Crippen molar-refractivity contribution in [2.45, 2.75) is 51.9 Å². The van der Waals surface area contributed by atoms with Gasteiger partial charge in [0.05, 0.1) is 13.2 Å². The standard InChI is InChI=1S/C16H30N2O4/c1-16(2,3)22-15(19)18-10-8-17(9-11-18)7-5-4-6-14-20-12-13-21-14/h14H,4-13H2,1-3H3. The number of carbonyl (C=O) groups is 1. The van der Waals surface area contributed by atoms with Crippen molar-refractivity contribution in [2.75, 3.05) is 45.9 Å². The summed E-state index contributed by atoms with van der Waals surface area (Å²) in [6, 6.07) is 0. The number of nitrogens with zero attached hydrogens (tertiary/aromatic N) is 2. The Morgan fingerprint density at radius 3 is 2.32 bits per heavy atom. The molecule has 0 aliphatic carbocycles. The Labute approximate surface area is 133 Å². The van der Waals surface area contributed by atoms with Gasteiger partial charge in [-0.25, -0.2) is 4.79 Å². The molecule has 6 nitrogen and oxygen atoms in total. The molecule has 0 aromatic heterocycles. The average Bonchev–Trinajstić information content (AvgIpc) is 2.95. The topological polar surface area (TPSA) is 51.2 Å². The number of hydrogen-bond acceptors (Lipinski definition) is 5. The molecule has 6 heteroatoms. The summed E-state index contributed by atoms with van der Waals surface area (Å²) in [6.07, 6.45) is 3.08. The van der Waals surface area contributed by atoms with Gasteiger partial charge in [-0.15, -0.1) is 0 Å². The maximum Gasteiger partial charge on any atom is 0.410 e. The molecule has 0 aromatic carbocycles. The van der Waals surface area contributed by atoms with Crippen molar-refractivity contribution in [1.29, 1.82) is 0 Å². The van der Waals surface area contributed by atoms with E-state index in [0.29, 0.717) is 0 Å². The highest BCUT2D eigenvalue weighted by atomic mass is 16.7. The van der Waals surface area contributed by atoms with Crippen LogP contribution in [0.5, 0.6) is 0 Å². The number of ether oxygens (including phenoxy) is 3. The van der Waals surface area contributed by atoms with E-state index in [0.717, 1.165) is 65.2 Å². The molecular formula is C16H30N2O4. The van der Waals surface area contributed by atoms with Crippen molar-refractivity contribution >= 4 is 6.09 Å². The lowest BCUT2D eigenvalue weighted by Gasteiger charge is -2.35. The van der Waals surface area contributed by atoms with E-state index >= 15 is 0 Å². The molecule has 0 bridgehead atoms. The maximum atomic E-state index is 12.0. The lowest BCUT2D eigenvalue weighted by Crippen LogP contribution is -2.50. The van der Waals surface area contributed by atoms with Crippen LogP contribution in [0, 0.1) is 0 Å². The molecule has 2 rings (SSSR count). The van der Waals surface area contributed by atoms with Gasteiger partial charge in [-0.2, -0.15) is 0 Å². The van der Waals surface area contributed by atoms with Gasteiger partial charge in [0.1, 0.15) is 5.60 Å². The van der Waals surface area contributed by atoms with E-state index in [4.69, 9.17) is 14.2 Å². The number of carbonyl (C=O) groups excluding carboxylic acids is 1. The predicted molar refractivity (Wildman–Crippen MR) is 83.8 cm³/mol. The van der Waals surface area contributed by atoms with Gasteiger partial charge in [0.2, 0.25) is 0 Å². The van der Waals surface area contributed by atoms with Crippen LogP contribution in [-0.4, -0.2) is 73.7 Å². The van der Waals surface area contributed by atoms with E-state index < -0.39 is 5.60 Å². The van der Waals surface area contributed by atoms with E-state index in [2.05, 4.69) is 4.90 Å². The van der Waals surface area contributed by atoms with E-state index in [1.807, 2.05) is 25.7 Å². The van der Waals surface area contributed by atoms with Crippen LogP contribution < -0.4 is 0 Å². The van der Waals surface area contributed by atoms with Crippen LogP contribution in [0.15, 0.2) is 0 Å².